The Balaban J connectivity index is 2.42. The fourth-order valence-electron chi connectivity index (χ4n) is 1.99. The van der Waals surface area contributed by atoms with Crippen molar-refractivity contribution in [1.29, 1.82) is 0 Å². The van der Waals surface area contributed by atoms with E-state index in [0.29, 0.717) is 19.8 Å². The van der Waals surface area contributed by atoms with Crippen molar-refractivity contribution < 1.29 is 29.0 Å². The number of nitrogens with one attached hydrogen (secondary N) is 2. The number of esters is 1. The molecule has 0 radical (unpaired) electrons. The number of carbonyl (C=O) groups is 3. The Morgan fingerprint density at radius 1 is 1.33 bits per heavy atom. The summed E-state index contributed by atoms with van der Waals surface area (Å²) in [6.07, 6.45) is 1.25. The van der Waals surface area contributed by atoms with Gasteiger partial charge in [0.2, 0.25) is 0 Å². The highest BCUT2D eigenvalue weighted by atomic mass is 16.5. The van der Waals surface area contributed by atoms with E-state index < -0.39 is 30.4 Å². The molecule has 8 heteroatoms. The fraction of sp³-hybridized carbons (Fsp3) is 0.769. The lowest BCUT2D eigenvalue weighted by molar-refractivity contribution is -0.147. The molecule has 1 fully saturated rings. The number of hydrogen-bond donors (Lipinski definition) is 3. The van der Waals surface area contributed by atoms with Crippen LogP contribution < -0.4 is 10.6 Å². The maximum atomic E-state index is 11.7. The summed E-state index contributed by atoms with van der Waals surface area (Å²) in [6.45, 7) is 3.77. The highest BCUT2D eigenvalue weighted by Crippen LogP contribution is 2.28. The number of rotatable bonds is 6. The number of urea groups is 1. The topological polar surface area (TPSA) is 114 Å². The van der Waals surface area contributed by atoms with E-state index in [0.717, 1.165) is 20.0 Å². The van der Waals surface area contributed by atoms with Crippen LogP contribution in [0, 0.1) is 5.41 Å². The van der Waals surface area contributed by atoms with Crippen LogP contribution >= 0.6 is 0 Å². The predicted molar refractivity (Wildman–Crippen MR) is 72.8 cm³/mol. The van der Waals surface area contributed by atoms with Crippen LogP contribution in [0.1, 0.15) is 26.2 Å². The molecule has 21 heavy (non-hydrogen) atoms. The van der Waals surface area contributed by atoms with Crippen molar-refractivity contribution in [2.75, 3.05) is 26.9 Å². The van der Waals surface area contributed by atoms with E-state index in [1.165, 1.54) is 0 Å². The van der Waals surface area contributed by atoms with Crippen molar-refractivity contribution >= 4 is 18.0 Å². The van der Waals surface area contributed by atoms with Gasteiger partial charge in [-0.05, 0) is 18.3 Å². The van der Waals surface area contributed by atoms with Gasteiger partial charge in [0.1, 0.15) is 6.04 Å². The van der Waals surface area contributed by atoms with Crippen LogP contribution in [0.4, 0.5) is 4.79 Å². The van der Waals surface area contributed by atoms with Crippen molar-refractivity contribution in [2.45, 2.75) is 32.2 Å². The zero-order valence-electron chi connectivity index (χ0n) is 12.3. The Labute approximate surface area is 123 Å². The Bertz CT molecular complexity index is 392. The Morgan fingerprint density at radius 2 is 1.95 bits per heavy atom. The highest BCUT2D eigenvalue weighted by Gasteiger charge is 2.29. The minimum atomic E-state index is -1.31. The second-order valence-corrected chi connectivity index (χ2v) is 5.42. The van der Waals surface area contributed by atoms with Gasteiger partial charge in [0.05, 0.1) is 13.5 Å². The summed E-state index contributed by atoms with van der Waals surface area (Å²) in [5.74, 6) is -1.98. The van der Waals surface area contributed by atoms with E-state index in [4.69, 9.17) is 9.84 Å². The summed E-state index contributed by atoms with van der Waals surface area (Å²) in [5.41, 5.74) is -0.0589. The summed E-state index contributed by atoms with van der Waals surface area (Å²) in [4.78, 5) is 33.8. The minimum Gasteiger partial charge on any atom is -0.480 e. The van der Waals surface area contributed by atoms with Crippen molar-refractivity contribution in [1.82, 2.24) is 10.6 Å². The molecule has 1 heterocycles. The number of hydrogen-bond acceptors (Lipinski definition) is 5. The third kappa shape index (κ3) is 5.99. The molecule has 0 saturated carbocycles. The molecule has 0 bridgehead atoms. The van der Waals surface area contributed by atoms with Gasteiger partial charge in [-0.15, -0.1) is 0 Å². The number of ether oxygens (including phenoxy) is 2. The lowest BCUT2D eigenvalue weighted by Crippen LogP contribution is -2.49. The smallest absolute Gasteiger partial charge is 0.326 e. The molecule has 1 aliphatic rings. The largest absolute Gasteiger partial charge is 0.480 e. The van der Waals surface area contributed by atoms with Crippen molar-refractivity contribution in [3.8, 4) is 0 Å². The first-order chi connectivity index (χ1) is 9.86. The van der Waals surface area contributed by atoms with Crippen LogP contribution in [-0.4, -0.2) is 56.0 Å². The Hall–Kier alpha value is -1.83. The van der Waals surface area contributed by atoms with Crippen LogP contribution in [0.5, 0.6) is 0 Å². The summed E-state index contributed by atoms with van der Waals surface area (Å²) in [6, 6.07) is -1.92. The quantitative estimate of drug-likeness (QED) is 0.600. The third-order valence-corrected chi connectivity index (χ3v) is 3.58. The zero-order valence-corrected chi connectivity index (χ0v) is 12.3. The molecule has 1 rings (SSSR count). The van der Waals surface area contributed by atoms with Crippen molar-refractivity contribution in [2.24, 2.45) is 5.41 Å². The van der Waals surface area contributed by atoms with E-state index >= 15 is 0 Å². The molecule has 1 atom stereocenters. The van der Waals surface area contributed by atoms with E-state index in [-0.39, 0.29) is 5.41 Å². The van der Waals surface area contributed by atoms with Crippen molar-refractivity contribution in [3.05, 3.63) is 0 Å². The molecule has 0 aromatic heterocycles. The number of carboxylic acid groups (broad SMARTS) is 1. The minimum absolute atomic E-state index is 0.0589. The lowest BCUT2D eigenvalue weighted by atomic mass is 9.82. The Morgan fingerprint density at radius 3 is 2.48 bits per heavy atom. The average Bonchev–Trinajstić information content (AvgIpc) is 2.45. The maximum absolute atomic E-state index is 11.7. The molecule has 1 saturated heterocycles. The van der Waals surface area contributed by atoms with Gasteiger partial charge in [-0.1, -0.05) is 6.92 Å². The molecule has 0 unspecified atom stereocenters. The number of carbonyl (C=O) groups excluding carboxylic acids is 2. The molecule has 1 aliphatic heterocycles. The van der Waals surface area contributed by atoms with Gasteiger partial charge < -0.3 is 25.2 Å². The summed E-state index contributed by atoms with van der Waals surface area (Å²) in [5, 5.41) is 13.9. The number of methoxy groups -OCH3 is 1. The SMILES string of the molecule is COC(=O)C[C@H](NC(=O)NCC1(C)CCOCC1)C(=O)O. The molecule has 8 nitrogen and oxygen atoms in total. The number of amides is 2. The number of carboxylic acids is 1. The lowest BCUT2D eigenvalue weighted by Gasteiger charge is -2.33. The van der Waals surface area contributed by atoms with Crippen LogP contribution in [0.2, 0.25) is 0 Å². The summed E-state index contributed by atoms with van der Waals surface area (Å²) < 4.78 is 9.66. The third-order valence-electron chi connectivity index (χ3n) is 3.58. The van der Waals surface area contributed by atoms with Gasteiger partial charge in [-0.2, -0.15) is 0 Å². The predicted octanol–water partition coefficient (Wildman–Crippen LogP) is 0.119. The average molecular weight is 302 g/mol. The molecule has 3 N–H and O–H groups in total. The first kappa shape index (κ1) is 17.2. The van der Waals surface area contributed by atoms with Crippen LogP contribution in [-0.2, 0) is 19.1 Å². The molecule has 0 spiro atoms. The van der Waals surface area contributed by atoms with Gasteiger partial charge in [-0.3, -0.25) is 4.79 Å². The fourth-order valence-corrected chi connectivity index (χ4v) is 1.99. The second kappa shape index (κ2) is 7.82. The highest BCUT2D eigenvalue weighted by molar-refractivity contribution is 5.86. The molecular weight excluding hydrogens is 280 g/mol. The van der Waals surface area contributed by atoms with Gasteiger partial charge in [0, 0.05) is 19.8 Å². The second-order valence-electron chi connectivity index (χ2n) is 5.42. The van der Waals surface area contributed by atoms with Crippen molar-refractivity contribution in [3.63, 3.8) is 0 Å². The zero-order chi connectivity index (χ0) is 15.9. The van der Waals surface area contributed by atoms with E-state index in [1.54, 1.807) is 0 Å². The van der Waals surface area contributed by atoms with E-state index in [2.05, 4.69) is 15.4 Å². The van der Waals surface area contributed by atoms with E-state index in [1.807, 2.05) is 6.92 Å². The Kier molecular flexibility index (Phi) is 6.41. The molecule has 2 amide bonds. The van der Waals surface area contributed by atoms with Crippen LogP contribution in [0.15, 0.2) is 0 Å². The normalized spacial score (nSPS) is 18.4. The van der Waals surface area contributed by atoms with E-state index in [9.17, 15) is 14.4 Å². The number of aliphatic carboxylic acids is 1. The maximum Gasteiger partial charge on any atom is 0.326 e. The first-order valence-corrected chi connectivity index (χ1v) is 6.78. The van der Waals surface area contributed by atoms with Crippen LogP contribution in [0.25, 0.3) is 0 Å². The molecular formula is C13H22N2O6. The summed E-state index contributed by atoms with van der Waals surface area (Å²) in [7, 11) is 1.16. The molecule has 0 aromatic carbocycles. The van der Waals surface area contributed by atoms with Gasteiger partial charge >= 0.3 is 18.0 Å². The van der Waals surface area contributed by atoms with Gasteiger partial charge in [0.25, 0.3) is 0 Å². The van der Waals surface area contributed by atoms with Gasteiger partial charge in [0.15, 0.2) is 0 Å². The molecule has 0 aliphatic carbocycles. The monoisotopic (exact) mass is 302 g/mol. The molecule has 120 valence electrons. The first-order valence-electron chi connectivity index (χ1n) is 6.78. The summed E-state index contributed by atoms with van der Waals surface area (Å²) >= 11 is 0. The standard InChI is InChI=1S/C13H22N2O6/c1-13(3-5-21-6-4-13)8-14-12(19)15-9(11(17)18)7-10(16)20-2/h9H,3-8H2,1-2H3,(H,17,18)(H2,14,15,19)/t9-/m0/s1. The van der Waals surface area contributed by atoms with Crippen LogP contribution in [0.3, 0.4) is 0 Å². The van der Waals surface area contributed by atoms with Gasteiger partial charge in [-0.25, -0.2) is 9.59 Å². The molecule has 0 aromatic rings.